The number of nitriles is 1. The Hall–Kier alpha value is -5.95. The van der Waals surface area contributed by atoms with Gasteiger partial charge >= 0.3 is 0 Å². The largest absolute Gasteiger partial charge is 0.493 e. The van der Waals surface area contributed by atoms with Crippen molar-refractivity contribution in [3.8, 4) is 34.8 Å². The highest BCUT2D eigenvalue weighted by Crippen LogP contribution is 2.37. The number of aromatic nitrogens is 2. The van der Waals surface area contributed by atoms with Gasteiger partial charge in [0.05, 0.1) is 25.4 Å². The number of methoxy groups -OCH3 is 2. The zero-order valence-corrected chi connectivity index (χ0v) is 23.5. The summed E-state index contributed by atoms with van der Waals surface area (Å²) in [7, 11) is 3.09. The van der Waals surface area contributed by atoms with E-state index in [1.54, 1.807) is 69.8 Å². The lowest BCUT2D eigenvalue weighted by molar-refractivity contribution is 0.102. The molecule has 3 aromatic carbocycles. The third-order valence-electron chi connectivity index (χ3n) is 6.64. The maximum absolute atomic E-state index is 13.6. The smallest absolute Gasteiger partial charge is 0.269 e. The summed E-state index contributed by atoms with van der Waals surface area (Å²) >= 11 is 0. The monoisotopic (exact) mass is 576 g/mol. The quantitative estimate of drug-likeness (QED) is 0.224. The van der Waals surface area contributed by atoms with Gasteiger partial charge < -0.3 is 19.5 Å². The summed E-state index contributed by atoms with van der Waals surface area (Å²) < 4.78 is 31.5. The zero-order chi connectivity index (χ0) is 30.7. The van der Waals surface area contributed by atoms with Gasteiger partial charge in [-0.2, -0.15) is 5.26 Å². The van der Waals surface area contributed by atoms with Gasteiger partial charge in [0.2, 0.25) is 0 Å². The Morgan fingerprint density at radius 1 is 0.953 bits per heavy atom. The van der Waals surface area contributed by atoms with Gasteiger partial charge in [-0.25, -0.2) is 4.39 Å². The predicted molar refractivity (Wildman–Crippen MR) is 161 cm³/mol. The molecular weight excluding hydrogens is 551 g/mol. The highest BCUT2D eigenvalue weighted by Gasteiger charge is 2.21. The Labute approximate surface area is 246 Å². The number of amides is 1. The third-order valence-corrected chi connectivity index (χ3v) is 6.64. The number of nitrogens with one attached hydrogen (secondary N) is 1. The van der Waals surface area contributed by atoms with Crippen LogP contribution in [0.25, 0.3) is 22.2 Å². The molecule has 10 heteroatoms. The van der Waals surface area contributed by atoms with Gasteiger partial charge in [-0.3, -0.25) is 19.1 Å². The van der Waals surface area contributed by atoms with Crippen molar-refractivity contribution in [3.63, 3.8) is 0 Å². The molecule has 2 aromatic heterocycles. The Morgan fingerprint density at radius 3 is 2.26 bits per heavy atom. The highest BCUT2D eigenvalue weighted by molar-refractivity contribution is 6.04. The summed E-state index contributed by atoms with van der Waals surface area (Å²) in [6.07, 6.45) is 1.62. The number of allylic oxidation sites excluding steroid dienone is 1. The van der Waals surface area contributed by atoms with Crippen LogP contribution >= 0.6 is 0 Å². The molecule has 0 spiro atoms. The maximum Gasteiger partial charge on any atom is 0.269 e. The molecule has 0 aliphatic heterocycles. The summed E-state index contributed by atoms with van der Waals surface area (Å²) in [5.41, 5.74) is 1.13. The van der Waals surface area contributed by atoms with Gasteiger partial charge in [0.25, 0.3) is 11.5 Å². The standard InChI is InChI=1S/C33H25FN4O5/c1-19(2)24-15-26(33(40)38(28(24)18-35)22-9-5-20(34)6-10-22)32(39)37-21-7-11-23(12-8-21)43-29-13-14-36-27-17-31(42-4)30(41-3)16-25(27)29/h5-17H,1H2,2-4H3,(H,37,39). The molecule has 0 unspecified atom stereocenters. The average Bonchev–Trinajstić information content (AvgIpc) is 3.01. The number of rotatable bonds is 8. The predicted octanol–water partition coefficient (Wildman–Crippen LogP) is 6.49. The summed E-state index contributed by atoms with van der Waals surface area (Å²) in [6.45, 7) is 5.55. The van der Waals surface area contributed by atoms with Crippen LogP contribution in [0.2, 0.25) is 0 Å². The Bertz CT molecular complexity index is 1980. The van der Waals surface area contributed by atoms with Crippen molar-refractivity contribution < 1.29 is 23.4 Å². The van der Waals surface area contributed by atoms with Crippen molar-refractivity contribution >= 4 is 28.1 Å². The topological polar surface area (TPSA) is 115 Å². The third kappa shape index (κ3) is 5.64. The molecule has 1 amide bonds. The number of ether oxygens (including phenoxy) is 3. The molecule has 0 aliphatic rings. The van der Waals surface area contributed by atoms with Gasteiger partial charge in [0, 0.05) is 28.9 Å². The molecule has 43 heavy (non-hydrogen) atoms. The molecule has 9 nitrogen and oxygen atoms in total. The Morgan fingerprint density at radius 2 is 1.63 bits per heavy atom. The van der Waals surface area contributed by atoms with Crippen LogP contribution in [0, 0.1) is 17.1 Å². The van der Waals surface area contributed by atoms with Crippen molar-refractivity contribution in [2.24, 2.45) is 0 Å². The number of hydrogen-bond donors (Lipinski definition) is 1. The van der Waals surface area contributed by atoms with E-state index in [-0.39, 0.29) is 16.9 Å². The van der Waals surface area contributed by atoms with Crippen LogP contribution in [0.5, 0.6) is 23.0 Å². The number of benzene rings is 3. The summed E-state index contributed by atoms with van der Waals surface area (Å²) in [4.78, 5) is 31.2. The van der Waals surface area contributed by atoms with Gasteiger partial charge in [-0.15, -0.1) is 0 Å². The Kier molecular flexibility index (Phi) is 7.90. The van der Waals surface area contributed by atoms with Crippen molar-refractivity contribution in [3.05, 3.63) is 119 Å². The zero-order valence-electron chi connectivity index (χ0n) is 23.5. The molecule has 0 saturated carbocycles. The van der Waals surface area contributed by atoms with Crippen LogP contribution in [-0.4, -0.2) is 29.7 Å². The van der Waals surface area contributed by atoms with E-state index >= 15 is 0 Å². The number of pyridine rings is 2. The molecule has 2 heterocycles. The molecule has 0 saturated heterocycles. The molecule has 0 aliphatic carbocycles. The first-order valence-corrected chi connectivity index (χ1v) is 13.0. The van der Waals surface area contributed by atoms with Crippen LogP contribution in [0.4, 0.5) is 10.1 Å². The van der Waals surface area contributed by atoms with Gasteiger partial charge in [-0.1, -0.05) is 6.58 Å². The van der Waals surface area contributed by atoms with E-state index in [0.717, 1.165) is 4.57 Å². The van der Waals surface area contributed by atoms with Crippen molar-refractivity contribution in [2.45, 2.75) is 6.92 Å². The van der Waals surface area contributed by atoms with E-state index in [1.165, 1.54) is 30.3 Å². The van der Waals surface area contributed by atoms with E-state index in [0.29, 0.717) is 50.7 Å². The Balaban J connectivity index is 1.44. The molecule has 5 rings (SSSR count). The number of carbonyl (C=O) groups is 1. The molecule has 0 bridgehead atoms. The van der Waals surface area contributed by atoms with Gasteiger partial charge in [0.1, 0.15) is 34.6 Å². The minimum absolute atomic E-state index is 0.0122. The fraction of sp³-hybridized carbons (Fsp3) is 0.0909. The second kappa shape index (κ2) is 11.9. The first-order valence-electron chi connectivity index (χ1n) is 13.0. The highest BCUT2D eigenvalue weighted by atomic mass is 19.1. The number of fused-ring (bicyclic) bond motifs is 1. The minimum atomic E-state index is -0.734. The number of halogens is 1. The van der Waals surface area contributed by atoms with E-state index in [4.69, 9.17) is 14.2 Å². The second-order valence-electron chi connectivity index (χ2n) is 9.44. The molecule has 5 aromatic rings. The first kappa shape index (κ1) is 28.6. The molecular formula is C33H25FN4O5. The van der Waals surface area contributed by atoms with Crippen molar-refractivity contribution in [2.75, 3.05) is 19.5 Å². The van der Waals surface area contributed by atoms with E-state index < -0.39 is 17.3 Å². The minimum Gasteiger partial charge on any atom is -0.493 e. The van der Waals surface area contributed by atoms with Crippen LogP contribution in [0.3, 0.4) is 0 Å². The number of carbonyl (C=O) groups excluding carboxylic acids is 1. The average molecular weight is 577 g/mol. The lowest BCUT2D eigenvalue weighted by atomic mass is 10.0. The first-order chi connectivity index (χ1) is 20.7. The SMILES string of the molecule is C=C(C)c1cc(C(=O)Nc2ccc(Oc3ccnc4cc(OC)c(OC)cc34)cc2)c(=O)n(-c2ccc(F)cc2)c1C#N. The normalized spacial score (nSPS) is 10.6. The maximum atomic E-state index is 13.6. The van der Waals surface area contributed by atoms with Crippen LogP contribution in [0.1, 0.15) is 28.5 Å². The van der Waals surface area contributed by atoms with Crippen LogP contribution < -0.4 is 25.1 Å². The van der Waals surface area contributed by atoms with E-state index in [2.05, 4.69) is 16.9 Å². The summed E-state index contributed by atoms with van der Waals surface area (Å²) in [6, 6.07) is 20.2. The van der Waals surface area contributed by atoms with Crippen molar-refractivity contribution in [1.82, 2.24) is 9.55 Å². The van der Waals surface area contributed by atoms with E-state index in [1.807, 2.05) is 6.07 Å². The number of anilines is 1. The lowest BCUT2D eigenvalue weighted by Gasteiger charge is -2.15. The van der Waals surface area contributed by atoms with Gasteiger partial charge in [-0.05, 0) is 79.2 Å². The second-order valence-corrected chi connectivity index (χ2v) is 9.44. The van der Waals surface area contributed by atoms with Crippen LogP contribution in [-0.2, 0) is 0 Å². The van der Waals surface area contributed by atoms with Crippen molar-refractivity contribution in [1.29, 1.82) is 5.26 Å². The number of hydrogen-bond acceptors (Lipinski definition) is 7. The van der Waals surface area contributed by atoms with Crippen LogP contribution in [0.15, 0.2) is 90.4 Å². The fourth-order valence-electron chi connectivity index (χ4n) is 4.52. The fourth-order valence-corrected chi connectivity index (χ4v) is 4.52. The molecule has 0 atom stereocenters. The summed E-state index contributed by atoms with van der Waals surface area (Å²) in [5, 5.41) is 13.3. The number of nitrogens with zero attached hydrogens (tertiary/aromatic N) is 3. The van der Waals surface area contributed by atoms with Gasteiger partial charge in [0.15, 0.2) is 11.5 Å². The molecule has 0 radical (unpaired) electrons. The molecule has 214 valence electrons. The summed E-state index contributed by atoms with van der Waals surface area (Å²) in [5.74, 6) is 0.899. The lowest BCUT2D eigenvalue weighted by Crippen LogP contribution is -2.30. The molecule has 0 fully saturated rings. The molecule has 1 N–H and O–H groups in total. The van der Waals surface area contributed by atoms with E-state index in [9.17, 15) is 19.2 Å².